The van der Waals surface area contributed by atoms with E-state index in [0.717, 1.165) is 42.9 Å². The first kappa shape index (κ1) is 18.9. The highest BCUT2D eigenvalue weighted by atomic mass is 32.1. The lowest BCUT2D eigenvalue weighted by Gasteiger charge is -2.33. The number of nitrogens with zero attached hydrogens (tertiary/aromatic N) is 3. The number of aromatic nitrogens is 1. The molecule has 0 radical (unpaired) electrons. The van der Waals surface area contributed by atoms with E-state index in [1.165, 1.54) is 24.1 Å². The number of furan rings is 1. The Morgan fingerprint density at radius 1 is 1.35 bits per heavy atom. The third-order valence-electron chi connectivity index (χ3n) is 4.55. The van der Waals surface area contributed by atoms with Crippen molar-refractivity contribution in [1.29, 1.82) is 0 Å². The molecule has 1 fully saturated rings. The topological polar surface area (TPSA) is 65.7 Å². The lowest BCUT2D eigenvalue weighted by Crippen LogP contribution is -2.44. The van der Waals surface area contributed by atoms with E-state index in [9.17, 15) is 0 Å². The molecule has 0 amide bonds. The predicted octanol–water partition coefficient (Wildman–Crippen LogP) is 3.33. The fourth-order valence-corrected chi connectivity index (χ4v) is 3.99. The summed E-state index contributed by atoms with van der Waals surface area (Å²) in [7, 11) is 0. The monoisotopic (exact) mass is 375 g/mol. The Labute approximate surface area is 159 Å². The number of piperidine rings is 1. The summed E-state index contributed by atoms with van der Waals surface area (Å²) in [5, 5.41) is 7.87. The molecule has 1 aliphatic heterocycles. The molecule has 2 aromatic rings. The molecule has 0 saturated carbocycles. The third-order valence-corrected chi connectivity index (χ3v) is 5.45. The van der Waals surface area contributed by atoms with Gasteiger partial charge in [-0.2, -0.15) is 0 Å². The van der Waals surface area contributed by atoms with Gasteiger partial charge in [0.15, 0.2) is 5.96 Å². The number of hydrogen-bond donors (Lipinski definition) is 2. The summed E-state index contributed by atoms with van der Waals surface area (Å²) in [6.07, 6.45) is 7.51. The number of hydrogen-bond acceptors (Lipinski definition) is 5. The fourth-order valence-electron chi connectivity index (χ4n) is 3.28. The second-order valence-corrected chi connectivity index (χ2v) is 7.89. The van der Waals surface area contributed by atoms with Crippen molar-refractivity contribution in [3.63, 3.8) is 0 Å². The van der Waals surface area contributed by atoms with Crippen molar-refractivity contribution in [3.05, 3.63) is 40.2 Å². The van der Waals surface area contributed by atoms with Gasteiger partial charge < -0.3 is 15.1 Å². The molecular weight excluding hydrogens is 346 g/mol. The second kappa shape index (κ2) is 9.73. The first-order valence-corrected chi connectivity index (χ1v) is 10.3. The van der Waals surface area contributed by atoms with Crippen molar-refractivity contribution < 1.29 is 4.42 Å². The van der Waals surface area contributed by atoms with Crippen LogP contribution in [0.15, 0.2) is 34.0 Å². The van der Waals surface area contributed by atoms with Gasteiger partial charge in [-0.05, 0) is 51.9 Å². The van der Waals surface area contributed by atoms with Gasteiger partial charge in [0, 0.05) is 24.2 Å². The van der Waals surface area contributed by atoms with E-state index < -0.39 is 0 Å². The largest absolute Gasteiger partial charge is 0.468 e. The zero-order valence-electron chi connectivity index (χ0n) is 15.7. The maximum Gasteiger partial charge on any atom is 0.191 e. The Bertz CT molecular complexity index is 676. The van der Waals surface area contributed by atoms with Crippen LogP contribution in [0.5, 0.6) is 0 Å². The van der Waals surface area contributed by atoms with E-state index in [1.807, 2.05) is 12.3 Å². The Kier molecular flexibility index (Phi) is 7.08. The summed E-state index contributed by atoms with van der Waals surface area (Å²) in [5.74, 6) is 1.85. The normalized spacial score (nSPS) is 17.2. The number of guanidine groups is 1. The van der Waals surface area contributed by atoms with Crippen LogP contribution in [0.3, 0.4) is 0 Å². The molecule has 1 atom stereocenters. The van der Waals surface area contributed by atoms with E-state index in [2.05, 4.69) is 45.4 Å². The van der Waals surface area contributed by atoms with Gasteiger partial charge in [-0.25, -0.2) is 9.98 Å². The van der Waals surface area contributed by atoms with Crippen LogP contribution in [0, 0.1) is 6.92 Å². The number of aryl methyl sites for hydroxylation is 1. The minimum Gasteiger partial charge on any atom is -0.468 e. The molecule has 142 valence electrons. The van der Waals surface area contributed by atoms with Gasteiger partial charge in [-0.3, -0.25) is 4.90 Å². The lowest BCUT2D eigenvalue weighted by atomic mass is 10.1. The van der Waals surface area contributed by atoms with Gasteiger partial charge in [0.05, 0.1) is 18.8 Å². The molecule has 3 heterocycles. The molecule has 6 nitrogen and oxygen atoms in total. The van der Waals surface area contributed by atoms with Crippen LogP contribution in [-0.2, 0) is 6.54 Å². The van der Waals surface area contributed by atoms with Crippen LogP contribution in [0.4, 0.5) is 0 Å². The molecule has 7 heteroatoms. The summed E-state index contributed by atoms with van der Waals surface area (Å²) < 4.78 is 5.72. The second-order valence-electron chi connectivity index (χ2n) is 6.57. The van der Waals surface area contributed by atoms with Gasteiger partial charge in [0.1, 0.15) is 10.8 Å². The Morgan fingerprint density at radius 2 is 2.19 bits per heavy atom. The molecule has 0 aliphatic carbocycles. The van der Waals surface area contributed by atoms with Gasteiger partial charge >= 0.3 is 0 Å². The van der Waals surface area contributed by atoms with E-state index in [0.29, 0.717) is 6.54 Å². The molecule has 0 spiro atoms. The average molecular weight is 376 g/mol. The fraction of sp³-hybridized carbons (Fsp3) is 0.579. The smallest absolute Gasteiger partial charge is 0.191 e. The van der Waals surface area contributed by atoms with Crippen LogP contribution in [0.2, 0.25) is 0 Å². The number of thiazole rings is 1. The van der Waals surface area contributed by atoms with E-state index in [4.69, 9.17) is 4.42 Å². The maximum absolute atomic E-state index is 5.72. The molecule has 1 aliphatic rings. The van der Waals surface area contributed by atoms with Crippen molar-refractivity contribution >= 4 is 17.3 Å². The zero-order chi connectivity index (χ0) is 18.2. The molecule has 26 heavy (non-hydrogen) atoms. The van der Waals surface area contributed by atoms with Crippen molar-refractivity contribution in [2.75, 3.05) is 26.2 Å². The highest BCUT2D eigenvalue weighted by Crippen LogP contribution is 2.24. The molecule has 3 rings (SSSR count). The van der Waals surface area contributed by atoms with Gasteiger partial charge in [0.2, 0.25) is 0 Å². The predicted molar refractivity (Wildman–Crippen MR) is 107 cm³/mol. The molecule has 0 bridgehead atoms. The van der Waals surface area contributed by atoms with Crippen molar-refractivity contribution in [1.82, 2.24) is 20.5 Å². The van der Waals surface area contributed by atoms with E-state index in [-0.39, 0.29) is 6.04 Å². The number of aliphatic imine (C=N–C) groups is 1. The molecule has 2 N–H and O–H groups in total. The standard InChI is InChI=1S/C19H29N5OS/c1-3-20-19(23-14-18-21-12-15(2)26-18)22-13-16(17-8-7-11-25-17)24-9-5-4-6-10-24/h7-8,11-12,16H,3-6,9-10,13-14H2,1-2H3,(H2,20,22,23). The Balaban J connectivity index is 1.64. The highest BCUT2D eigenvalue weighted by Gasteiger charge is 2.24. The van der Waals surface area contributed by atoms with Crippen LogP contribution in [-0.4, -0.2) is 42.0 Å². The number of rotatable bonds is 7. The molecular formula is C19H29N5OS. The van der Waals surface area contributed by atoms with Gasteiger partial charge in [-0.15, -0.1) is 11.3 Å². The summed E-state index contributed by atoms with van der Waals surface area (Å²) >= 11 is 1.70. The van der Waals surface area contributed by atoms with E-state index >= 15 is 0 Å². The molecule has 1 saturated heterocycles. The van der Waals surface area contributed by atoms with Crippen LogP contribution in [0.25, 0.3) is 0 Å². The number of likely N-dealkylation sites (tertiary alicyclic amines) is 1. The summed E-state index contributed by atoms with van der Waals surface area (Å²) in [6.45, 7) is 8.61. The first-order valence-electron chi connectivity index (χ1n) is 9.47. The summed E-state index contributed by atoms with van der Waals surface area (Å²) in [6, 6.07) is 4.27. The van der Waals surface area contributed by atoms with Gasteiger partial charge in [0.25, 0.3) is 0 Å². The highest BCUT2D eigenvalue weighted by molar-refractivity contribution is 7.11. The van der Waals surface area contributed by atoms with Crippen LogP contribution in [0.1, 0.15) is 47.9 Å². The average Bonchev–Trinajstić information content (AvgIpc) is 3.33. The van der Waals surface area contributed by atoms with E-state index in [1.54, 1.807) is 17.6 Å². The van der Waals surface area contributed by atoms with Crippen LogP contribution < -0.4 is 10.6 Å². The van der Waals surface area contributed by atoms with Crippen molar-refractivity contribution in [3.8, 4) is 0 Å². The molecule has 0 aromatic carbocycles. The lowest BCUT2D eigenvalue weighted by molar-refractivity contribution is 0.146. The minimum atomic E-state index is 0.233. The Hall–Kier alpha value is -1.86. The van der Waals surface area contributed by atoms with Crippen molar-refractivity contribution in [2.45, 2.75) is 45.7 Å². The first-order chi connectivity index (χ1) is 12.8. The number of nitrogens with one attached hydrogen (secondary N) is 2. The SMILES string of the molecule is CCNC(=NCc1ncc(C)s1)NCC(c1ccco1)N1CCCCC1. The van der Waals surface area contributed by atoms with Crippen molar-refractivity contribution in [2.24, 2.45) is 4.99 Å². The zero-order valence-corrected chi connectivity index (χ0v) is 16.5. The van der Waals surface area contributed by atoms with Crippen LogP contribution >= 0.6 is 11.3 Å². The third kappa shape index (κ3) is 5.32. The molecule has 1 unspecified atom stereocenters. The minimum absolute atomic E-state index is 0.233. The summed E-state index contributed by atoms with van der Waals surface area (Å²) in [4.78, 5) is 12.8. The maximum atomic E-state index is 5.72. The Morgan fingerprint density at radius 3 is 2.85 bits per heavy atom. The van der Waals surface area contributed by atoms with Gasteiger partial charge in [-0.1, -0.05) is 6.42 Å². The quantitative estimate of drug-likeness (QED) is 0.574. The molecule has 2 aromatic heterocycles. The summed E-state index contributed by atoms with van der Waals surface area (Å²) in [5.41, 5.74) is 0.